The summed E-state index contributed by atoms with van der Waals surface area (Å²) in [5.41, 5.74) is 0. The second kappa shape index (κ2) is 56.2. The number of unbranched alkanes of at least 4 members (excludes halogenated alkanes) is 40. The van der Waals surface area contributed by atoms with Gasteiger partial charge in [-0.05, 0) is 51.4 Å². The lowest BCUT2D eigenvalue weighted by atomic mass is 9.97. The minimum Gasteiger partial charge on any atom is -0.394 e. The quantitative estimate of drug-likeness (QED) is 0.0204. The smallest absolute Gasteiger partial charge is 0.220 e. The molecule has 500 valence electrons. The summed E-state index contributed by atoms with van der Waals surface area (Å²) < 4.78 is 22.9. The fourth-order valence-electron chi connectivity index (χ4n) is 11.9. The molecule has 14 heteroatoms. The van der Waals surface area contributed by atoms with Gasteiger partial charge in [0, 0.05) is 6.42 Å². The van der Waals surface area contributed by atoms with E-state index < -0.39 is 86.8 Å². The van der Waals surface area contributed by atoms with Gasteiger partial charge in [-0.25, -0.2) is 0 Å². The summed E-state index contributed by atoms with van der Waals surface area (Å²) >= 11 is 0. The maximum absolute atomic E-state index is 13.3. The summed E-state index contributed by atoms with van der Waals surface area (Å²) in [5.74, 6) is -0.201. The molecule has 12 unspecified atom stereocenters. The molecule has 2 saturated heterocycles. The van der Waals surface area contributed by atoms with E-state index in [0.29, 0.717) is 12.8 Å². The van der Waals surface area contributed by atoms with Gasteiger partial charge in [0.25, 0.3) is 0 Å². The highest BCUT2D eigenvalue weighted by atomic mass is 16.7. The van der Waals surface area contributed by atoms with E-state index in [9.17, 15) is 45.6 Å². The molecule has 0 aliphatic carbocycles. The van der Waals surface area contributed by atoms with E-state index in [1.165, 1.54) is 225 Å². The van der Waals surface area contributed by atoms with E-state index in [2.05, 4.69) is 55.6 Å². The van der Waals surface area contributed by atoms with Crippen LogP contribution in [0.25, 0.3) is 0 Å². The highest BCUT2D eigenvalue weighted by molar-refractivity contribution is 5.76. The number of ether oxygens (including phenoxy) is 4. The molecular weight excluding hydrogens is 1070 g/mol. The van der Waals surface area contributed by atoms with Crippen molar-refractivity contribution in [2.45, 2.75) is 389 Å². The van der Waals surface area contributed by atoms with Crippen molar-refractivity contribution in [2.75, 3.05) is 19.8 Å². The van der Waals surface area contributed by atoms with E-state index in [1.54, 1.807) is 0 Å². The van der Waals surface area contributed by atoms with Crippen LogP contribution in [0.5, 0.6) is 0 Å². The van der Waals surface area contributed by atoms with Crippen molar-refractivity contribution in [3.05, 3.63) is 36.5 Å². The van der Waals surface area contributed by atoms with Gasteiger partial charge in [0.15, 0.2) is 12.6 Å². The molecule has 12 atom stereocenters. The zero-order valence-corrected chi connectivity index (χ0v) is 54.4. The third-order valence-electron chi connectivity index (χ3n) is 17.6. The first kappa shape index (κ1) is 79.3. The lowest BCUT2D eigenvalue weighted by molar-refractivity contribution is -0.359. The van der Waals surface area contributed by atoms with E-state index in [0.717, 1.165) is 64.2 Å². The standard InChI is InChI=1S/C71H133NO13/c1-3-5-7-9-11-13-15-17-19-21-22-23-24-25-26-27-28-29-30-31-32-33-34-35-36-37-38-39-41-43-45-47-49-51-53-55-63(76)72-59(60(75)54-52-50-48-46-44-42-40-20-18-16-14-12-10-8-6-4-2)58-82-70-68(81)66(79)69(62(57-74)84-70)85-71-67(80)65(78)64(77)61(56-73)83-71/h15,17,21-22,24-25,59-62,64-71,73-75,77-81H,3-14,16,18-20,23,26-58H2,1-2H3,(H,72,76)/b17-15-,22-21-,25-24-. The maximum Gasteiger partial charge on any atom is 0.220 e. The van der Waals surface area contributed by atoms with Crippen LogP contribution in [-0.4, -0.2) is 140 Å². The Morgan fingerprint density at radius 3 is 1.19 bits per heavy atom. The van der Waals surface area contributed by atoms with Crippen LogP contribution in [0.4, 0.5) is 0 Å². The van der Waals surface area contributed by atoms with Gasteiger partial charge in [-0.3, -0.25) is 4.79 Å². The van der Waals surface area contributed by atoms with Crippen LogP contribution < -0.4 is 5.32 Å². The highest BCUT2D eigenvalue weighted by Gasteiger charge is 2.51. The van der Waals surface area contributed by atoms with Crippen molar-refractivity contribution in [1.82, 2.24) is 5.32 Å². The molecule has 2 rings (SSSR count). The number of carbonyl (C=O) groups is 1. The summed E-state index contributed by atoms with van der Waals surface area (Å²) in [6.45, 7) is 2.89. The number of hydrogen-bond donors (Lipinski definition) is 9. The topological polar surface area (TPSA) is 228 Å². The number of hydrogen-bond acceptors (Lipinski definition) is 13. The number of rotatable bonds is 59. The fraction of sp³-hybridized carbons (Fsp3) is 0.901. The molecular formula is C71H133NO13. The predicted octanol–water partition coefficient (Wildman–Crippen LogP) is 14.5. The minimum absolute atomic E-state index is 0.201. The average molecular weight is 1210 g/mol. The first-order valence-electron chi connectivity index (χ1n) is 35.7. The van der Waals surface area contributed by atoms with Crippen LogP contribution in [0, 0.1) is 0 Å². The molecule has 2 fully saturated rings. The molecule has 14 nitrogen and oxygen atoms in total. The van der Waals surface area contributed by atoms with Crippen LogP contribution in [0.2, 0.25) is 0 Å². The first-order valence-corrected chi connectivity index (χ1v) is 35.7. The summed E-state index contributed by atoms with van der Waals surface area (Å²) in [6.07, 6.45) is 54.6. The van der Waals surface area contributed by atoms with E-state index >= 15 is 0 Å². The molecule has 0 aromatic carbocycles. The first-order chi connectivity index (χ1) is 41.6. The number of amides is 1. The largest absolute Gasteiger partial charge is 0.394 e. The van der Waals surface area contributed by atoms with Crippen molar-refractivity contribution >= 4 is 5.91 Å². The van der Waals surface area contributed by atoms with Gasteiger partial charge in [0.2, 0.25) is 5.91 Å². The average Bonchev–Trinajstić information content (AvgIpc) is 3.70. The number of aliphatic hydroxyl groups is 8. The highest BCUT2D eigenvalue weighted by Crippen LogP contribution is 2.30. The molecule has 2 heterocycles. The van der Waals surface area contributed by atoms with E-state index in [4.69, 9.17) is 18.9 Å². The van der Waals surface area contributed by atoms with Gasteiger partial charge in [0.1, 0.15) is 48.8 Å². The van der Waals surface area contributed by atoms with Crippen LogP contribution in [0.1, 0.15) is 316 Å². The lowest BCUT2D eigenvalue weighted by Crippen LogP contribution is -2.65. The second-order valence-electron chi connectivity index (χ2n) is 25.4. The summed E-state index contributed by atoms with van der Waals surface area (Å²) in [5, 5.41) is 87.5. The molecule has 2 aliphatic rings. The maximum atomic E-state index is 13.3. The molecule has 0 saturated carbocycles. The Morgan fingerprint density at radius 2 is 0.776 bits per heavy atom. The van der Waals surface area contributed by atoms with Crippen molar-refractivity contribution in [3.63, 3.8) is 0 Å². The Labute approximate surface area is 519 Å². The Bertz CT molecular complexity index is 1560. The second-order valence-corrected chi connectivity index (χ2v) is 25.4. The number of allylic oxidation sites excluding steroid dienone is 6. The third kappa shape index (κ3) is 40.5. The Balaban J connectivity index is 1.60. The van der Waals surface area contributed by atoms with Crippen molar-refractivity contribution in [3.8, 4) is 0 Å². The van der Waals surface area contributed by atoms with Crippen molar-refractivity contribution in [2.24, 2.45) is 0 Å². The fourth-order valence-corrected chi connectivity index (χ4v) is 11.9. The predicted molar refractivity (Wildman–Crippen MR) is 346 cm³/mol. The number of aliphatic hydroxyl groups excluding tert-OH is 8. The van der Waals surface area contributed by atoms with Gasteiger partial charge in [-0.15, -0.1) is 0 Å². The molecule has 2 aliphatic heterocycles. The summed E-state index contributed by atoms with van der Waals surface area (Å²) in [7, 11) is 0. The monoisotopic (exact) mass is 1210 g/mol. The lowest BCUT2D eigenvalue weighted by Gasteiger charge is -2.46. The molecule has 0 aromatic heterocycles. The van der Waals surface area contributed by atoms with Crippen LogP contribution in [0.3, 0.4) is 0 Å². The van der Waals surface area contributed by atoms with Crippen LogP contribution >= 0.6 is 0 Å². The van der Waals surface area contributed by atoms with Crippen molar-refractivity contribution < 1.29 is 64.6 Å². The zero-order valence-electron chi connectivity index (χ0n) is 54.4. The van der Waals surface area contributed by atoms with Gasteiger partial charge in [-0.2, -0.15) is 0 Å². The summed E-state index contributed by atoms with van der Waals surface area (Å²) in [4.78, 5) is 13.3. The third-order valence-corrected chi connectivity index (χ3v) is 17.6. The van der Waals surface area contributed by atoms with Crippen LogP contribution in [0.15, 0.2) is 36.5 Å². The summed E-state index contributed by atoms with van der Waals surface area (Å²) in [6, 6.07) is -0.827. The molecule has 0 radical (unpaired) electrons. The van der Waals surface area contributed by atoms with E-state index in [-0.39, 0.29) is 12.5 Å². The van der Waals surface area contributed by atoms with E-state index in [1.807, 2.05) is 0 Å². The van der Waals surface area contributed by atoms with Gasteiger partial charge in [0.05, 0.1) is 32.0 Å². The Kier molecular flexibility index (Phi) is 52.4. The molecule has 0 spiro atoms. The Morgan fingerprint density at radius 1 is 0.424 bits per heavy atom. The molecule has 85 heavy (non-hydrogen) atoms. The normalized spacial score (nSPS) is 23.7. The number of nitrogens with one attached hydrogen (secondary N) is 1. The number of carbonyl (C=O) groups excluding carboxylic acids is 1. The zero-order chi connectivity index (χ0) is 61.6. The van der Waals surface area contributed by atoms with Gasteiger partial charge >= 0.3 is 0 Å². The van der Waals surface area contributed by atoms with Gasteiger partial charge < -0.3 is 65.1 Å². The van der Waals surface area contributed by atoms with Gasteiger partial charge in [-0.1, -0.05) is 294 Å². The Hall–Kier alpha value is -1.79. The minimum atomic E-state index is -1.78. The molecule has 0 bridgehead atoms. The SMILES string of the molecule is CCCCCCC/C=C\C/C=C\C/C=C\CCCCCCCCCCCCCCCCCCCCCCC(=O)NC(COC1OC(CO)C(OC2OC(CO)C(O)C(O)C2O)C(O)C1O)C(O)CCCCCCCCCCCCCCCCCC. The molecule has 1 amide bonds. The molecule has 0 aromatic rings. The molecule has 9 N–H and O–H groups in total. The van der Waals surface area contributed by atoms with Crippen molar-refractivity contribution in [1.29, 1.82) is 0 Å². The van der Waals surface area contributed by atoms with Crippen LogP contribution in [-0.2, 0) is 23.7 Å².